The maximum atomic E-state index is 6.18. The summed E-state index contributed by atoms with van der Waals surface area (Å²) in [7, 11) is 3.47. The summed E-state index contributed by atoms with van der Waals surface area (Å²) in [5, 5.41) is 6.69. The van der Waals surface area contributed by atoms with Crippen molar-refractivity contribution in [3.63, 3.8) is 0 Å². The van der Waals surface area contributed by atoms with E-state index in [4.69, 9.17) is 9.47 Å². The molecule has 0 aliphatic heterocycles. The lowest BCUT2D eigenvalue weighted by atomic mass is 10.2. The van der Waals surface area contributed by atoms with E-state index in [9.17, 15) is 0 Å². The largest absolute Gasteiger partial charge is 0.493 e. The Balaban J connectivity index is 0.00000280. The molecular weight excluding hydrogens is 467 g/mol. The SMILES string of the molecule is CN=C(NCCn1cccc1)NCc1ccc(OC)c(OC2CCCC2)c1.I. The van der Waals surface area contributed by atoms with Crippen LogP contribution in [0.4, 0.5) is 0 Å². The minimum absolute atomic E-state index is 0. The van der Waals surface area contributed by atoms with Gasteiger partial charge in [-0.2, -0.15) is 0 Å². The standard InChI is InChI=1S/C21H30N4O2.HI/c1-22-21(23-11-14-25-12-5-6-13-25)24-16-17-9-10-19(26-2)20(15-17)27-18-7-3-4-8-18;/h5-6,9-10,12-13,15,18H,3-4,7-8,11,14,16H2,1-2H3,(H2,22,23,24);1H. The summed E-state index contributed by atoms with van der Waals surface area (Å²) in [6.07, 6.45) is 9.18. The number of hydrogen-bond acceptors (Lipinski definition) is 3. The van der Waals surface area contributed by atoms with Gasteiger partial charge in [-0.3, -0.25) is 4.99 Å². The zero-order chi connectivity index (χ0) is 18.9. The molecule has 1 aromatic carbocycles. The second-order valence-electron chi connectivity index (χ2n) is 6.78. The van der Waals surface area contributed by atoms with Gasteiger partial charge < -0.3 is 24.7 Å². The highest BCUT2D eigenvalue weighted by molar-refractivity contribution is 14.0. The number of hydrogen-bond donors (Lipinski definition) is 2. The molecule has 0 spiro atoms. The summed E-state index contributed by atoms with van der Waals surface area (Å²) in [5.74, 6) is 2.41. The first kappa shape index (κ1) is 22.4. The molecule has 1 saturated carbocycles. The Kier molecular flexibility index (Phi) is 9.46. The molecule has 1 aliphatic rings. The summed E-state index contributed by atoms with van der Waals surface area (Å²) in [4.78, 5) is 4.29. The number of nitrogens with one attached hydrogen (secondary N) is 2. The quantitative estimate of drug-likeness (QED) is 0.330. The Labute approximate surface area is 184 Å². The number of methoxy groups -OCH3 is 1. The van der Waals surface area contributed by atoms with E-state index in [0.29, 0.717) is 12.6 Å². The van der Waals surface area contributed by atoms with Crippen LogP contribution >= 0.6 is 24.0 Å². The molecule has 1 aliphatic carbocycles. The first-order valence-corrected chi connectivity index (χ1v) is 9.67. The third kappa shape index (κ3) is 6.61. The average molecular weight is 498 g/mol. The predicted octanol–water partition coefficient (Wildman–Crippen LogP) is 3.80. The van der Waals surface area contributed by atoms with E-state index < -0.39 is 0 Å². The molecule has 154 valence electrons. The van der Waals surface area contributed by atoms with Crippen LogP contribution in [0.1, 0.15) is 31.2 Å². The van der Waals surface area contributed by atoms with Gasteiger partial charge in [-0.05, 0) is 55.5 Å². The third-order valence-electron chi connectivity index (χ3n) is 4.84. The smallest absolute Gasteiger partial charge is 0.191 e. The van der Waals surface area contributed by atoms with Gasteiger partial charge in [-0.25, -0.2) is 0 Å². The lowest BCUT2D eigenvalue weighted by Crippen LogP contribution is -2.38. The van der Waals surface area contributed by atoms with Crippen LogP contribution in [-0.2, 0) is 13.1 Å². The third-order valence-corrected chi connectivity index (χ3v) is 4.84. The molecule has 1 fully saturated rings. The van der Waals surface area contributed by atoms with Gasteiger partial charge in [0.15, 0.2) is 17.5 Å². The average Bonchev–Trinajstić information content (AvgIpc) is 3.39. The van der Waals surface area contributed by atoms with Gasteiger partial charge in [-0.1, -0.05) is 6.07 Å². The lowest BCUT2D eigenvalue weighted by Gasteiger charge is -2.17. The number of ether oxygens (including phenoxy) is 2. The van der Waals surface area contributed by atoms with Gasteiger partial charge in [0.1, 0.15) is 0 Å². The molecule has 0 bridgehead atoms. The predicted molar refractivity (Wildman–Crippen MR) is 124 cm³/mol. The summed E-state index contributed by atoms with van der Waals surface area (Å²) in [6.45, 7) is 2.39. The molecule has 0 amide bonds. The van der Waals surface area contributed by atoms with Crippen LogP contribution in [-0.4, -0.2) is 37.3 Å². The number of guanidine groups is 1. The molecule has 28 heavy (non-hydrogen) atoms. The van der Waals surface area contributed by atoms with Crippen molar-refractivity contribution in [1.29, 1.82) is 0 Å². The second kappa shape index (κ2) is 11.8. The number of nitrogens with zero attached hydrogens (tertiary/aromatic N) is 2. The number of halogens is 1. The van der Waals surface area contributed by atoms with Crippen molar-refractivity contribution in [2.75, 3.05) is 20.7 Å². The number of aliphatic imine (C=N–C) groups is 1. The van der Waals surface area contributed by atoms with Gasteiger partial charge in [0.2, 0.25) is 0 Å². The van der Waals surface area contributed by atoms with Crippen LogP contribution in [0.2, 0.25) is 0 Å². The molecule has 1 aromatic heterocycles. The molecule has 0 saturated heterocycles. The monoisotopic (exact) mass is 498 g/mol. The summed E-state index contributed by atoms with van der Waals surface area (Å²) < 4.78 is 13.8. The summed E-state index contributed by atoms with van der Waals surface area (Å²) in [5.41, 5.74) is 1.14. The fourth-order valence-electron chi connectivity index (χ4n) is 3.34. The summed E-state index contributed by atoms with van der Waals surface area (Å²) in [6, 6.07) is 10.2. The van der Waals surface area contributed by atoms with Crippen molar-refractivity contribution >= 4 is 29.9 Å². The van der Waals surface area contributed by atoms with Crippen molar-refractivity contribution in [3.8, 4) is 11.5 Å². The number of rotatable bonds is 8. The topological polar surface area (TPSA) is 59.8 Å². The zero-order valence-corrected chi connectivity index (χ0v) is 19.0. The van der Waals surface area contributed by atoms with Crippen LogP contribution in [0, 0.1) is 0 Å². The normalized spacial score (nSPS) is 14.4. The molecule has 3 rings (SSSR count). The van der Waals surface area contributed by atoms with Crippen LogP contribution in [0.3, 0.4) is 0 Å². The van der Waals surface area contributed by atoms with Crippen molar-refractivity contribution in [2.45, 2.75) is 44.9 Å². The fraction of sp³-hybridized carbons (Fsp3) is 0.476. The van der Waals surface area contributed by atoms with Crippen molar-refractivity contribution in [2.24, 2.45) is 4.99 Å². The Morgan fingerprint density at radius 1 is 1.14 bits per heavy atom. The van der Waals surface area contributed by atoms with E-state index >= 15 is 0 Å². The van der Waals surface area contributed by atoms with E-state index in [2.05, 4.69) is 44.7 Å². The van der Waals surface area contributed by atoms with Gasteiger partial charge in [-0.15, -0.1) is 24.0 Å². The van der Waals surface area contributed by atoms with Gasteiger partial charge in [0.05, 0.1) is 13.2 Å². The first-order valence-electron chi connectivity index (χ1n) is 9.67. The van der Waals surface area contributed by atoms with E-state index in [1.165, 1.54) is 12.8 Å². The van der Waals surface area contributed by atoms with E-state index in [1.807, 2.05) is 18.2 Å². The molecule has 6 nitrogen and oxygen atoms in total. The fourth-order valence-corrected chi connectivity index (χ4v) is 3.34. The van der Waals surface area contributed by atoms with Crippen LogP contribution in [0.15, 0.2) is 47.7 Å². The molecule has 0 atom stereocenters. The van der Waals surface area contributed by atoms with Gasteiger partial charge >= 0.3 is 0 Å². The second-order valence-corrected chi connectivity index (χ2v) is 6.78. The molecule has 0 radical (unpaired) electrons. The number of aromatic nitrogens is 1. The molecule has 2 aromatic rings. The molecule has 7 heteroatoms. The maximum absolute atomic E-state index is 6.18. The molecule has 0 unspecified atom stereocenters. The minimum Gasteiger partial charge on any atom is -0.493 e. The maximum Gasteiger partial charge on any atom is 0.191 e. The van der Waals surface area contributed by atoms with E-state index in [0.717, 1.165) is 49.0 Å². The highest BCUT2D eigenvalue weighted by Gasteiger charge is 2.18. The zero-order valence-electron chi connectivity index (χ0n) is 16.7. The van der Waals surface area contributed by atoms with Crippen LogP contribution in [0.5, 0.6) is 11.5 Å². The molecule has 2 N–H and O–H groups in total. The molecule has 1 heterocycles. The van der Waals surface area contributed by atoms with Crippen LogP contribution in [0.25, 0.3) is 0 Å². The van der Waals surface area contributed by atoms with Crippen molar-refractivity contribution in [1.82, 2.24) is 15.2 Å². The van der Waals surface area contributed by atoms with Crippen LogP contribution < -0.4 is 20.1 Å². The lowest BCUT2D eigenvalue weighted by molar-refractivity contribution is 0.200. The Morgan fingerprint density at radius 2 is 1.89 bits per heavy atom. The van der Waals surface area contributed by atoms with Gasteiger partial charge in [0.25, 0.3) is 0 Å². The van der Waals surface area contributed by atoms with E-state index in [-0.39, 0.29) is 24.0 Å². The van der Waals surface area contributed by atoms with Crippen molar-refractivity contribution < 1.29 is 9.47 Å². The highest BCUT2D eigenvalue weighted by Crippen LogP contribution is 2.32. The summed E-state index contributed by atoms with van der Waals surface area (Å²) >= 11 is 0. The molecular formula is C21H31IN4O2. The van der Waals surface area contributed by atoms with Crippen molar-refractivity contribution in [3.05, 3.63) is 48.3 Å². The Bertz CT molecular complexity index is 728. The highest BCUT2D eigenvalue weighted by atomic mass is 127. The first-order chi connectivity index (χ1) is 13.3. The van der Waals surface area contributed by atoms with Gasteiger partial charge in [0, 0.05) is 39.1 Å². The number of benzene rings is 1. The van der Waals surface area contributed by atoms with E-state index in [1.54, 1.807) is 14.2 Å². The Hall–Kier alpha value is -1.90. The minimum atomic E-state index is 0. The Morgan fingerprint density at radius 3 is 2.57 bits per heavy atom.